The first-order chi connectivity index (χ1) is 12.3. The standard InChI is InChI=1S/C21H39NO4/c1-21(2,3)22-20(25)26-17(14-15-10-6-4-7-11-15)19(24)18(23)16-12-8-5-9-13-16/h15-19,23-24H,4-14H2,1-3H3,(H,22,25)/t17-,18-,19-/m0/s1. The van der Waals surface area contributed by atoms with E-state index in [9.17, 15) is 15.0 Å². The highest BCUT2D eigenvalue weighted by molar-refractivity contribution is 5.68. The highest BCUT2D eigenvalue weighted by atomic mass is 16.6. The summed E-state index contributed by atoms with van der Waals surface area (Å²) < 4.78 is 5.64. The van der Waals surface area contributed by atoms with E-state index >= 15 is 0 Å². The van der Waals surface area contributed by atoms with Gasteiger partial charge in [-0.05, 0) is 51.9 Å². The van der Waals surface area contributed by atoms with Crippen LogP contribution in [0.15, 0.2) is 0 Å². The molecular formula is C21H39NO4. The molecule has 3 N–H and O–H groups in total. The van der Waals surface area contributed by atoms with Gasteiger partial charge in [-0.1, -0.05) is 51.4 Å². The summed E-state index contributed by atoms with van der Waals surface area (Å²) in [5, 5.41) is 24.4. The van der Waals surface area contributed by atoms with Gasteiger partial charge in [-0.15, -0.1) is 0 Å². The first kappa shape index (κ1) is 21.5. The molecule has 2 aliphatic rings. The maximum atomic E-state index is 12.3. The summed E-state index contributed by atoms with van der Waals surface area (Å²) in [6, 6.07) is 0. The number of ether oxygens (including phenoxy) is 1. The fourth-order valence-corrected chi connectivity index (χ4v) is 4.46. The van der Waals surface area contributed by atoms with Crippen molar-refractivity contribution in [2.45, 2.75) is 115 Å². The van der Waals surface area contributed by atoms with Crippen molar-refractivity contribution in [2.75, 3.05) is 0 Å². The molecule has 26 heavy (non-hydrogen) atoms. The second-order valence-electron chi connectivity index (χ2n) is 9.44. The Balaban J connectivity index is 2.00. The van der Waals surface area contributed by atoms with Gasteiger partial charge in [-0.3, -0.25) is 0 Å². The Labute approximate surface area is 158 Å². The number of carbonyl (C=O) groups excluding carboxylic acids is 1. The Kier molecular flexibility index (Phi) is 8.21. The van der Waals surface area contributed by atoms with Crippen molar-refractivity contribution in [1.29, 1.82) is 0 Å². The second-order valence-corrected chi connectivity index (χ2v) is 9.44. The van der Waals surface area contributed by atoms with Crippen molar-refractivity contribution in [3.05, 3.63) is 0 Å². The number of aliphatic hydroxyl groups is 2. The van der Waals surface area contributed by atoms with Crippen LogP contribution in [-0.2, 0) is 4.74 Å². The van der Waals surface area contributed by atoms with Crippen LogP contribution in [0.2, 0.25) is 0 Å². The Morgan fingerprint density at radius 1 is 1.00 bits per heavy atom. The minimum Gasteiger partial charge on any atom is -0.443 e. The Morgan fingerprint density at radius 3 is 2.08 bits per heavy atom. The SMILES string of the molecule is CC(C)(C)NC(=O)O[C@@H](CC1CCCCC1)[C@H](O)[C@@H](O)C1CCCCC1. The Bertz CT molecular complexity index is 422. The fourth-order valence-electron chi connectivity index (χ4n) is 4.46. The summed E-state index contributed by atoms with van der Waals surface area (Å²) in [7, 11) is 0. The molecule has 0 aliphatic heterocycles. The molecule has 0 heterocycles. The smallest absolute Gasteiger partial charge is 0.407 e. The van der Waals surface area contributed by atoms with Gasteiger partial charge in [0.15, 0.2) is 0 Å². The van der Waals surface area contributed by atoms with Crippen LogP contribution < -0.4 is 5.32 Å². The van der Waals surface area contributed by atoms with E-state index in [4.69, 9.17) is 4.74 Å². The molecule has 0 unspecified atom stereocenters. The highest BCUT2D eigenvalue weighted by Crippen LogP contribution is 2.33. The molecule has 3 atom stereocenters. The van der Waals surface area contributed by atoms with Crippen molar-refractivity contribution in [1.82, 2.24) is 5.32 Å². The van der Waals surface area contributed by atoms with Gasteiger partial charge in [0.05, 0.1) is 6.10 Å². The number of hydrogen-bond donors (Lipinski definition) is 3. The van der Waals surface area contributed by atoms with Crippen molar-refractivity contribution in [3.8, 4) is 0 Å². The zero-order chi connectivity index (χ0) is 19.2. The number of hydrogen-bond acceptors (Lipinski definition) is 4. The monoisotopic (exact) mass is 369 g/mol. The number of nitrogens with one attached hydrogen (secondary N) is 1. The van der Waals surface area contributed by atoms with Crippen LogP contribution in [0.5, 0.6) is 0 Å². The lowest BCUT2D eigenvalue weighted by molar-refractivity contribution is -0.0962. The Morgan fingerprint density at radius 2 is 1.54 bits per heavy atom. The van der Waals surface area contributed by atoms with Crippen molar-refractivity contribution in [3.63, 3.8) is 0 Å². The topological polar surface area (TPSA) is 78.8 Å². The van der Waals surface area contributed by atoms with Crippen LogP contribution in [0.1, 0.15) is 91.4 Å². The predicted molar refractivity (Wildman–Crippen MR) is 103 cm³/mol. The molecule has 0 aromatic heterocycles. The third-order valence-corrected chi connectivity index (χ3v) is 5.89. The molecule has 0 aromatic rings. The molecule has 2 rings (SSSR count). The number of alkyl carbamates (subject to hydrolysis) is 1. The van der Waals surface area contributed by atoms with E-state index in [-0.39, 0.29) is 11.5 Å². The van der Waals surface area contributed by atoms with Gasteiger partial charge in [0.25, 0.3) is 0 Å². The van der Waals surface area contributed by atoms with Crippen LogP contribution in [0.25, 0.3) is 0 Å². The van der Waals surface area contributed by atoms with Gasteiger partial charge in [-0.2, -0.15) is 0 Å². The second kappa shape index (κ2) is 9.93. The number of carbonyl (C=O) groups is 1. The Hall–Kier alpha value is -0.810. The van der Waals surface area contributed by atoms with Crippen molar-refractivity contribution < 1.29 is 19.7 Å². The lowest BCUT2D eigenvalue weighted by atomic mass is 9.79. The maximum absolute atomic E-state index is 12.3. The molecule has 0 radical (unpaired) electrons. The van der Waals surface area contributed by atoms with E-state index in [1.54, 1.807) is 0 Å². The van der Waals surface area contributed by atoms with Gasteiger partial charge in [-0.25, -0.2) is 4.79 Å². The number of aliphatic hydroxyl groups excluding tert-OH is 2. The molecule has 5 heteroatoms. The summed E-state index contributed by atoms with van der Waals surface area (Å²) in [5.41, 5.74) is -0.389. The van der Waals surface area contributed by atoms with E-state index in [1.165, 1.54) is 25.7 Å². The summed E-state index contributed by atoms with van der Waals surface area (Å²) >= 11 is 0. The van der Waals surface area contributed by atoms with Crippen molar-refractivity contribution in [2.24, 2.45) is 11.8 Å². The molecular weight excluding hydrogens is 330 g/mol. The van der Waals surface area contributed by atoms with Crippen LogP contribution in [0, 0.1) is 11.8 Å². The normalized spacial score (nSPS) is 23.9. The van der Waals surface area contributed by atoms with E-state index in [2.05, 4.69) is 5.32 Å². The van der Waals surface area contributed by atoms with Gasteiger partial charge in [0.1, 0.15) is 12.2 Å². The lowest BCUT2D eigenvalue weighted by Gasteiger charge is -2.35. The zero-order valence-corrected chi connectivity index (χ0v) is 16.9. The van der Waals surface area contributed by atoms with Gasteiger partial charge < -0.3 is 20.3 Å². The van der Waals surface area contributed by atoms with Crippen LogP contribution >= 0.6 is 0 Å². The third-order valence-electron chi connectivity index (χ3n) is 5.89. The first-order valence-corrected chi connectivity index (χ1v) is 10.6. The summed E-state index contributed by atoms with van der Waals surface area (Å²) in [5.74, 6) is 0.575. The third kappa shape index (κ3) is 7.07. The average Bonchev–Trinajstić information content (AvgIpc) is 2.60. The number of rotatable bonds is 6. The molecule has 2 aliphatic carbocycles. The van der Waals surface area contributed by atoms with Gasteiger partial charge in [0, 0.05) is 5.54 Å². The lowest BCUT2D eigenvalue weighted by Crippen LogP contribution is -2.48. The molecule has 0 spiro atoms. The van der Waals surface area contributed by atoms with Crippen LogP contribution in [0.4, 0.5) is 4.79 Å². The quantitative estimate of drug-likeness (QED) is 0.657. The molecule has 2 saturated carbocycles. The zero-order valence-electron chi connectivity index (χ0n) is 16.9. The fraction of sp³-hybridized carbons (Fsp3) is 0.952. The average molecular weight is 370 g/mol. The minimum absolute atomic E-state index is 0.113. The van der Waals surface area contributed by atoms with E-state index in [1.807, 2.05) is 20.8 Å². The highest BCUT2D eigenvalue weighted by Gasteiger charge is 2.36. The van der Waals surface area contributed by atoms with Crippen molar-refractivity contribution >= 4 is 6.09 Å². The molecule has 0 aromatic carbocycles. The molecule has 1 amide bonds. The molecule has 0 bridgehead atoms. The molecule has 0 saturated heterocycles. The summed E-state index contributed by atoms with van der Waals surface area (Å²) in [6.07, 6.45) is 8.88. The summed E-state index contributed by atoms with van der Waals surface area (Å²) in [4.78, 5) is 12.3. The summed E-state index contributed by atoms with van der Waals surface area (Å²) in [6.45, 7) is 5.70. The van der Waals surface area contributed by atoms with Crippen LogP contribution in [-0.4, -0.2) is 40.2 Å². The molecule has 2 fully saturated rings. The first-order valence-electron chi connectivity index (χ1n) is 10.6. The van der Waals surface area contributed by atoms with E-state index in [0.717, 1.165) is 38.5 Å². The largest absolute Gasteiger partial charge is 0.443 e. The van der Waals surface area contributed by atoms with E-state index in [0.29, 0.717) is 12.3 Å². The van der Waals surface area contributed by atoms with E-state index < -0.39 is 24.4 Å². The minimum atomic E-state index is -1.01. The number of amides is 1. The van der Waals surface area contributed by atoms with Crippen LogP contribution in [0.3, 0.4) is 0 Å². The molecule has 5 nitrogen and oxygen atoms in total. The van der Waals surface area contributed by atoms with Gasteiger partial charge >= 0.3 is 6.09 Å². The van der Waals surface area contributed by atoms with Gasteiger partial charge in [0.2, 0.25) is 0 Å². The predicted octanol–water partition coefficient (Wildman–Crippen LogP) is 4.15. The molecule has 152 valence electrons. The maximum Gasteiger partial charge on any atom is 0.407 e.